The topological polar surface area (TPSA) is 46.2 Å². The monoisotopic (exact) mass is 456 g/mol. The second kappa shape index (κ2) is 8.52. The van der Waals surface area contributed by atoms with Crippen molar-refractivity contribution in [3.05, 3.63) is 107 Å². The highest BCUT2D eigenvalue weighted by Gasteiger charge is 2.41. The summed E-state index contributed by atoms with van der Waals surface area (Å²) in [6.07, 6.45) is 3.55. The molecule has 0 radical (unpaired) electrons. The number of aryl methyl sites for hydroxylation is 3. The molecule has 168 valence electrons. The molecule has 1 aliphatic rings. The number of aromatic nitrogens is 2. The van der Waals surface area contributed by atoms with Gasteiger partial charge in [-0.1, -0.05) is 18.2 Å². The Bertz CT molecular complexity index is 1290. The smallest absolute Gasteiger partial charge is 0.170 e. The first-order chi connectivity index (χ1) is 15.9. The van der Waals surface area contributed by atoms with Gasteiger partial charge in [-0.3, -0.25) is 4.98 Å². The van der Waals surface area contributed by atoms with Gasteiger partial charge in [-0.15, -0.1) is 0 Å². The molecule has 6 heteroatoms. The number of furan rings is 1. The zero-order valence-corrected chi connectivity index (χ0v) is 20.2. The van der Waals surface area contributed by atoms with E-state index in [9.17, 15) is 0 Å². The lowest BCUT2D eigenvalue weighted by atomic mass is 9.96. The lowest BCUT2D eigenvalue weighted by Gasteiger charge is -2.27. The Morgan fingerprint density at radius 3 is 2.61 bits per heavy atom. The Hall–Kier alpha value is -3.38. The third kappa shape index (κ3) is 3.85. The van der Waals surface area contributed by atoms with Gasteiger partial charge < -0.3 is 19.2 Å². The minimum Gasteiger partial charge on any atom is -0.467 e. The Labute approximate surface area is 200 Å². The van der Waals surface area contributed by atoms with Crippen LogP contribution in [0.1, 0.15) is 51.6 Å². The van der Waals surface area contributed by atoms with Crippen molar-refractivity contribution < 1.29 is 4.42 Å². The van der Waals surface area contributed by atoms with Crippen LogP contribution in [-0.4, -0.2) is 19.6 Å². The first-order valence-electron chi connectivity index (χ1n) is 11.2. The molecule has 1 N–H and O–H groups in total. The number of hydrogen-bond donors (Lipinski definition) is 1. The van der Waals surface area contributed by atoms with Gasteiger partial charge in [-0.05, 0) is 93.0 Å². The van der Waals surface area contributed by atoms with Crippen molar-refractivity contribution in [2.45, 2.75) is 46.3 Å². The average Bonchev–Trinajstić information content (AvgIpc) is 3.50. The van der Waals surface area contributed by atoms with Crippen LogP contribution in [0.4, 0.5) is 0 Å². The maximum atomic E-state index is 5.82. The first-order valence-corrected chi connectivity index (χ1v) is 11.6. The molecular weight excluding hydrogens is 428 g/mol. The van der Waals surface area contributed by atoms with E-state index < -0.39 is 0 Å². The van der Waals surface area contributed by atoms with Crippen LogP contribution >= 0.6 is 12.2 Å². The molecule has 0 amide bonds. The summed E-state index contributed by atoms with van der Waals surface area (Å²) in [5, 5.41) is 4.25. The van der Waals surface area contributed by atoms with Crippen molar-refractivity contribution in [1.29, 1.82) is 0 Å². The number of nitrogens with zero attached hydrogens (tertiary/aromatic N) is 3. The van der Waals surface area contributed by atoms with E-state index in [0.717, 1.165) is 11.5 Å². The number of benzene rings is 1. The molecule has 2 atom stereocenters. The predicted molar refractivity (Wildman–Crippen MR) is 134 cm³/mol. The zero-order valence-electron chi connectivity index (χ0n) is 19.4. The molecule has 0 bridgehead atoms. The van der Waals surface area contributed by atoms with E-state index in [2.05, 4.69) is 77.8 Å². The van der Waals surface area contributed by atoms with E-state index in [1.807, 2.05) is 30.5 Å². The summed E-state index contributed by atoms with van der Waals surface area (Å²) in [7, 11) is 0. The lowest BCUT2D eigenvalue weighted by Crippen LogP contribution is -2.29. The van der Waals surface area contributed by atoms with Crippen molar-refractivity contribution >= 4 is 17.3 Å². The van der Waals surface area contributed by atoms with Gasteiger partial charge in [0.15, 0.2) is 5.11 Å². The largest absolute Gasteiger partial charge is 0.467 e. The quantitative estimate of drug-likeness (QED) is 0.381. The van der Waals surface area contributed by atoms with Gasteiger partial charge in [0.05, 0.1) is 30.6 Å². The average molecular weight is 457 g/mol. The summed E-state index contributed by atoms with van der Waals surface area (Å²) in [5.41, 5.74) is 8.35. The number of hydrogen-bond acceptors (Lipinski definition) is 3. The molecule has 33 heavy (non-hydrogen) atoms. The SMILES string of the molecule is Cc1ccc(C)c(-n2c(C)cc([C@H]3[C@H](c4ccccn4)NC(=S)N3Cc3ccco3)c2C)c1. The van der Waals surface area contributed by atoms with Gasteiger partial charge in [0.1, 0.15) is 5.76 Å². The predicted octanol–water partition coefficient (Wildman–Crippen LogP) is 5.87. The van der Waals surface area contributed by atoms with Crippen LogP contribution < -0.4 is 5.32 Å². The molecular formula is C27H28N4OS. The molecule has 0 unspecified atom stereocenters. The highest BCUT2D eigenvalue weighted by Crippen LogP contribution is 2.42. The fourth-order valence-corrected chi connectivity index (χ4v) is 5.21. The Kier molecular flexibility index (Phi) is 5.54. The van der Waals surface area contributed by atoms with Crippen molar-refractivity contribution in [2.75, 3.05) is 0 Å². The van der Waals surface area contributed by atoms with Gasteiger partial charge in [0.25, 0.3) is 0 Å². The molecule has 1 fully saturated rings. The number of pyridine rings is 1. The second-order valence-electron chi connectivity index (χ2n) is 8.79. The Balaban J connectivity index is 1.65. The van der Waals surface area contributed by atoms with Gasteiger partial charge in [0.2, 0.25) is 0 Å². The van der Waals surface area contributed by atoms with Gasteiger partial charge in [-0.25, -0.2) is 0 Å². The first kappa shape index (κ1) is 21.5. The van der Waals surface area contributed by atoms with E-state index in [-0.39, 0.29) is 12.1 Å². The van der Waals surface area contributed by atoms with Crippen LogP contribution in [0, 0.1) is 27.7 Å². The third-order valence-electron chi connectivity index (χ3n) is 6.50. The van der Waals surface area contributed by atoms with Crippen LogP contribution in [0.2, 0.25) is 0 Å². The number of rotatable bonds is 5. The van der Waals surface area contributed by atoms with Crippen LogP contribution in [0.5, 0.6) is 0 Å². The van der Waals surface area contributed by atoms with Crippen molar-refractivity contribution in [1.82, 2.24) is 19.8 Å². The molecule has 0 saturated carbocycles. The minimum atomic E-state index is -0.0544. The zero-order chi connectivity index (χ0) is 23.1. The third-order valence-corrected chi connectivity index (χ3v) is 6.85. The molecule has 5 nitrogen and oxygen atoms in total. The number of nitrogens with one attached hydrogen (secondary N) is 1. The Morgan fingerprint density at radius 2 is 1.88 bits per heavy atom. The van der Waals surface area contributed by atoms with Gasteiger partial charge in [-0.2, -0.15) is 0 Å². The van der Waals surface area contributed by atoms with Crippen molar-refractivity contribution in [3.63, 3.8) is 0 Å². The molecule has 0 aliphatic carbocycles. The van der Waals surface area contributed by atoms with E-state index >= 15 is 0 Å². The highest BCUT2D eigenvalue weighted by atomic mass is 32.1. The van der Waals surface area contributed by atoms with E-state index in [0.29, 0.717) is 11.7 Å². The minimum absolute atomic E-state index is 0.0115. The van der Waals surface area contributed by atoms with E-state index in [1.54, 1.807) is 6.26 Å². The standard InChI is InChI=1S/C27H28N4OS/c1-17-10-11-18(2)24(14-17)31-19(3)15-22(20(31)4)26-25(23-9-5-6-12-28-23)29-27(33)30(26)16-21-8-7-13-32-21/h5-15,25-26H,16H2,1-4H3,(H,29,33)/t25-,26-/m0/s1. The summed E-state index contributed by atoms with van der Waals surface area (Å²) in [5.74, 6) is 0.883. The van der Waals surface area contributed by atoms with Gasteiger partial charge in [0, 0.05) is 23.3 Å². The molecule has 1 aromatic carbocycles. The second-order valence-corrected chi connectivity index (χ2v) is 9.17. The van der Waals surface area contributed by atoms with Gasteiger partial charge >= 0.3 is 0 Å². The maximum absolute atomic E-state index is 5.82. The molecule has 1 aliphatic heterocycles. The summed E-state index contributed by atoms with van der Waals surface area (Å²) in [6.45, 7) is 9.27. The molecule has 0 spiro atoms. The molecule has 4 heterocycles. The fraction of sp³-hybridized carbons (Fsp3) is 0.259. The molecule has 3 aromatic heterocycles. The van der Waals surface area contributed by atoms with Crippen LogP contribution in [0.15, 0.2) is 71.5 Å². The summed E-state index contributed by atoms with van der Waals surface area (Å²) >= 11 is 5.82. The Morgan fingerprint density at radius 1 is 1.03 bits per heavy atom. The van der Waals surface area contributed by atoms with Crippen molar-refractivity contribution in [3.8, 4) is 5.69 Å². The van der Waals surface area contributed by atoms with E-state index in [1.165, 1.54) is 33.8 Å². The highest BCUT2D eigenvalue weighted by molar-refractivity contribution is 7.80. The normalized spacial score (nSPS) is 18.1. The molecule has 1 saturated heterocycles. The lowest BCUT2D eigenvalue weighted by molar-refractivity contribution is 0.286. The van der Waals surface area contributed by atoms with Crippen molar-refractivity contribution in [2.24, 2.45) is 0 Å². The fourth-order valence-electron chi connectivity index (χ4n) is 4.90. The maximum Gasteiger partial charge on any atom is 0.170 e. The summed E-state index contributed by atoms with van der Waals surface area (Å²) < 4.78 is 8.04. The van der Waals surface area contributed by atoms with Crippen LogP contribution in [-0.2, 0) is 6.54 Å². The van der Waals surface area contributed by atoms with Crippen LogP contribution in [0.3, 0.4) is 0 Å². The van der Waals surface area contributed by atoms with E-state index in [4.69, 9.17) is 16.6 Å². The molecule has 4 aromatic rings. The number of thiocarbonyl (C=S) groups is 1. The summed E-state index contributed by atoms with van der Waals surface area (Å²) in [6, 6.07) is 18.8. The summed E-state index contributed by atoms with van der Waals surface area (Å²) in [4.78, 5) is 6.89. The molecule has 5 rings (SSSR count). The van der Waals surface area contributed by atoms with Crippen LogP contribution in [0.25, 0.3) is 5.69 Å².